The van der Waals surface area contributed by atoms with Gasteiger partial charge < -0.3 is 5.11 Å². The third-order valence-electron chi connectivity index (χ3n) is 6.55. The predicted octanol–water partition coefficient (Wildman–Crippen LogP) is 8.95. The first-order valence-electron chi connectivity index (χ1n) is 12.9. The largest absolute Gasteiger partial charge is 0.481 e. The second kappa shape index (κ2) is 15.9. The Bertz CT molecular complexity index is 736. The lowest BCUT2D eigenvalue weighted by atomic mass is 9.92. The average Bonchev–Trinajstić information content (AvgIpc) is 2.78. The molecule has 0 fully saturated rings. The van der Waals surface area contributed by atoms with Crippen molar-refractivity contribution in [1.29, 1.82) is 0 Å². The second-order valence-electron chi connectivity index (χ2n) is 9.31. The van der Waals surface area contributed by atoms with Crippen LogP contribution in [0.15, 0.2) is 42.5 Å². The van der Waals surface area contributed by atoms with Gasteiger partial charge in [0.2, 0.25) is 0 Å². The third-order valence-corrected chi connectivity index (χ3v) is 6.55. The predicted molar refractivity (Wildman–Crippen MR) is 134 cm³/mol. The van der Waals surface area contributed by atoms with Gasteiger partial charge in [0.25, 0.3) is 0 Å². The zero-order chi connectivity index (χ0) is 22.2. The van der Waals surface area contributed by atoms with E-state index in [1.807, 2.05) is 12.1 Å². The molecule has 1 N–H and O–H groups in total. The van der Waals surface area contributed by atoms with Crippen LogP contribution >= 0.6 is 0 Å². The van der Waals surface area contributed by atoms with Gasteiger partial charge >= 0.3 is 5.97 Å². The molecule has 31 heavy (non-hydrogen) atoms. The quantitative estimate of drug-likeness (QED) is 0.242. The summed E-state index contributed by atoms with van der Waals surface area (Å²) in [5, 5.41) is 12.1. The summed E-state index contributed by atoms with van der Waals surface area (Å²) in [5.74, 6) is -0.915. The molecule has 0 aliphatic rings. The Hall–Kier alpha value is -1.83. The van der Waals surface area contributed by atoms with Crippen LogP contribution < -0.4 is 0 Å². The number of benzene rings is 2. The summed E-state index contributed by atoms with van der Waals surface area (Å²) >= 11 is 0. The van der Waals surface area contributed by atoms with E-state index in [1.54, 1.807) is 0 Å². The number of rotatable bonds is 18. The van der Waals surface area contributed by atoms with E-state index in [1.165, 1.54) is 94.2 Å². The number of carboxylic acid groups (broad SMARTS) is 1. The lowest BCUT2D eigenvalue weighted by Gasteiger charge is -2.13. The van der Waals surface area contributed by atoms with Crippen molar-refractivity contribution in [1.82, 2.24) is 0 Å². The molecular weight excluding hydrogens is 380 g/mol. The van der Waals surface area contributed by atoms with Crippen LogP contribution in [0.1, 0.15) is 109 Å². The molecule has 2 aromatic carbocycles. The minimum absolute atomic E-state index is 0.265. The highest BCUT2D eigenvalue weighted by Gasteiger charge is 2.17. The van der Waals surface area contributed by atoms with Gasteiger partial charge in [0, 0.05) is 0 Å². The van der Waals surface area contributed by atoms with E-state index < -0.39 is 5.97 Å². The van der Waals surface area contributed by atoms with Crippen molar-refractivity contribution in [3.8, 4) is 0 Å². The zero-order valence-corrected chi connectivity index (χ0v) is 19.8. The summed E-state index contributed by atoms with van der Waals surface area (Å²) in [7, 11) is 0. The summed E-state index contributed by atoms with van der Waals surface area (Å²) in [6.45, 7) is 2.27. The van der Waals surface area contributed by atoms with E-state index in [9.17, 15) is 9.90 Å². The smallest absolute Gasteiger partial charge is 0.306 e. The highest BCUT2D eigenvalue weighted by Crippen LogP contribution is 2.21. The van der Waals surface area contributed by atoms with Gasteiger partial charge in [-0.3, -0.25) is 4.79 Å². The van der Waals surface area contributed by atoms with E-state index in [0.717, 1.165) is 18.4 Å². The summed E-state index contributed by atoms with van der Waals surface area (Å²) in [6, 6.07) is 14.6. The van der Waals surface area contributed by atoms with Crippen LogP contribution in [0, 0.1) is 5.92 Å². The molecule has 2 heteroatoms. The highest BCUT2D eigenvalue weighted by molar-refractivity contribution is 5.83. The fourth-order valence-electron chi connectivity index (χ4n) is 4.55. The molecule has 172 valence electrons. The summed E-state index contributed by atoms with van der Waals surface area (Å²) in [5.41, 5.74) is 1.14. The molecule has 1 unspecified atom stereocenters. The van der Waals surface area contributed by atoms with Crippen molar-refractivity contribution in [2.75, 3.05) is 0 Å². The molecule has 0 saturated carbocycles. The summed E-state index contributed by atoms with van der Waals surface area (Å²) in [6.07, 6.45) is 20.1. The van der Waals surface area contributed by atoms with Crippen molar-refractivity contribution < 1.29 is 9.90 Å². The Balaban J connectivity index is 1.52. The number of aliphatic carboxylic acids is 1. The third kappa shape index (κ3) is 10.8. The fraction of sp³-hybridized carbons (Fsp3) is 0.621. The molecule has 2 aromatic rings. The van der Waals surface area contributed by atoms with Crippen molar-refractivity contribution in [2.24, 2.45) is 5.92 Å². The number of hydrogen-bond acceptors (Lipinski definition) is 1. The molecule has 1 atom stereocenters. The lowest BCUT2D eigenvalue weighted by molar-refractivity contribution is -0.142. The Morgan fingerprint density at radius 3 is 1.77 bits per heavy atom. The van der Waals surface area contributed by atoms with Crippen LogP contribution in [0.5, 0.6) is 0 Å². The number of hydrogen-bond donors (Lipinski definition) is 1. The van der Waals surface area contributed by atoms with Gasteiger partial charge in [0.1, 0.15) is 0 Å². The van der Waals surface area contributed by atoms with Crippen LogP contribution in [0.4, 0.5) is 0 Å². The second-order valence-corrected chi connectivity index (χ2v) is 9.31. The molecule has 2 nitrogen and oxygen atoms in total. The SMILES string of the molecule is CCCCCCCCCCCCCCCCC(Cc1ccc2ccccc2c1)C(=O)O. The lowest BCUT2D eigenvalue weighted by Crippen LogP contribution is -2.16. The average molecular weight is 425 g/mol. The molecule has 0 amide bonds. The number of carboxylic acids is 1. The minimum Gasteiger partial charge on any atom is -0.481 e. The van der Waals surface area contributed by atoms with Crippen LogP contribution in [0.3, 0.4) is 0 Å². The van der Waals surface area contributed by atoms with E-state index >= 15 is 0 Å². The topological polar surface area (TPSA) is 37.3 Å². The first kappa shape index (κ1) is 25.4. The Morgan fingerprint density at radius 1 is 0.710 bits per heavy atom. The molecule has 0 heterocycles. The molecule has 0 aliphatic heterocycles. The van der Waals surface area contributed by atoms with Gasteiger partial charge in [-0.1, -0.05) is 139 Å². The van der Waals surface area contributed by atoms with E-state index in [-0.39, 0.29) is 5.92 Å². The number of carbonyl (C=O) groups is 1. The van der Waals surface area contributed by atoms with E-state index in [4.69, 9.17) is 0 Å². The van der Waals surface area contributed by atoms with Crippen molar-refractivity contribution >= 4 is 16.7 Å². The number of unbranched alkanes of at least 4 members (excludes halogenated alkanes) is 13. The Kier molecular flexibility index (Phi) is 13.0. The van der Waals surface area contributed by atoms with Gasteiger partial charge in [-0.15, -0.1) is 0 Å². The highest BCUT2D eigenvalue weighted by atomic mass is 16.4. The molecule has 2 rings (SSSR count). The molecule has 0 spiro atoms. The van der Waals surface area contributed by atoms with E-state index in [2.05, 4.69) is 37.3 Å². The standard InChI is InChI=1S/C29H44O2/c1-2-3-4-5-6-7-8-9-10-11-12-13-14-15-20-28(29(30)31)24-25-21-22-26-18-16-17-19-27(26)23-25/h16-19,21-23,28H,2-15,20,24H2,1H3,(H,30,31). The Morgan fingerprint density at radius 2 is 1.23 bits per heavy atom. The summed E-state index contributed by atoms with van der Waals surface area (Å²) < 4.78 is 0. The van der Waals surface area contributed by atoms with Crippen molar-refractivity contribution in [2.45, 2.75) is 110 Å². The van der Waals surface area contributed by atoms with Gasteiger partial charge in [0.15, 0.2) is 0 Å². The van der Waals surface area contributed by atoms with E-state index in [0.29, 0.717) is 6.42 Å². The van der Waals surface area contributed by atoms with Gasteiger partial charge in [-0.05, 0) is 29.2 Å². The Labute approximate surface area is 190 Å². The molecular formula is C29H44O2. The maximum absolute atomic E-state index is 11.7. The van der Waals surface area contributed by atoms with Gasteiger partial charge in [-0.25, -0.2) is 0 Å². The number of fused-ring (bicyclic) bond motifs is 1. The molecule has 0 aliphatic carbocycles. The maximum Gasteiger partial charge on any atom is 0.306 e. The molecule has 0 aromatic heterocycles. The van der Waals surface area contributed by atoms with Crippen molar-refractivity contribution in [3.05, 3.63) is 48.0 Å². The van der Waals surface area contributed by atoms with Crippen LogP contribution in [0.2, 0.25) is 0 Å². The van der Waals surface area contributed by atoms with Crippen LogP contribution in [-0.2, 0) is 11.2 Å². The summed E-state index contributed by atoms with van der Waals surface area (Å²) in [4.78, 5) is 11.7. The van der Waals surface area contributed by atoms with Crippen LogP contribution in [0.25, 0.3) is 10.8 Å². The van der Waals surface area contributed by atoms with Crippen LogP contribution in [-0.4, -0.2) is 11.1 Å². The molecule has 0 bridgehead atoms. The minimum atomic E-state index is -0.650. The monoisotopic (exact) mass is 424 g/mol. The zero-order valence-electron chi connectivity index (χ0n) is 19.8. The molecule has 0 saturated heterocycles. The fourth-order valence-corrected chi connectivity index (χ4v) is 4.55. The van der Waals surface area contributed by atoms with Gasteiger partial charge in [-0.2, -0.15) is 0 Å². The normalized spacial score (nSPS) is 12.3. The maximum atomic E-state index is 11.7. The van der Waals surface area contributed by atoms with Crippen molar-refractivity contribution in [3.63, 3.8) is 0 Å². The first-order chi connectivity index (χ1) is 15.2. The first-order valence-corrected chi connectivity index (χ1v) is 12.9. The molecule has 0 radical (unpaired) electrons. The van der Waals surface area contributed by atoms with Gasteiger partial charge in [0.05, 0.1) is 5.92 Å².